The predicted molar refractivity (Wildman–Crippen MR) is 125 cm³/mol. The fourth-order valence-corrected chi connectivity index (χ4v) is 4.52. The SMILES string of the molecule is CCOC(=O)C1CCN(c2nc3cc(Cl)ccc3c3nnc(-c4cccc(C)c4)n23)CC1. The number of piperidine rings is 1. The molecule has 2 aromatic carbocycles. The minimum Gasteiger partial charge on any atom is -0.466 e. The van der Waals surface area contributed by atoms with Crippen LogP contribution in [0.15, 0.2) is 42.5 Å². The molecule has 0 atom stereocenters. The van der Waals surface area contributed by atoms with Crippen LogP contribution in [0.1, 0.15) is 25.3 Å². The van der Waals surface area contributed by atoms with Crippen molar-refractivity contribution in [3.63, 3.8) is 0 Å². The number of aromatic nitrogens is 4. The molecule has 164 valence electrons. The molecule has 1 fully saturated rings. The highest BCUT2D eigenvalue weighted by molar-refractivity contribution is 6.31. The third-order valence-electron chi connectivity index (χ3n) is 5.96. The second-order valence-electron chi connectivity index (χ2n) is 8.14. The summed E-state index contributed by atoms with van der Waals surface area (Å²) in [4.78, 5) is 19.4. The molecule has 5 rings (SSSR count). The molecule has 0 bridgehead atoms. The van der Waals surface area contributed by atoms with Crippen molar-refractivity contribution in [3.05, 3.63) is 53.1 Å². The summed E-state index contributed by atoms with van der Waals surface area (Å²) < 4.78 is 7.25. The largest absolute Gasteiger partial charge is 0.466 e. The van der Waals surface area contributed by atoms with Gasteiger partial charge in [0.2, 0.25) is 5.95 Å². The van der Waals surface area contributed by atoms with Gasteiger partial charge in [-0.25, -0.2) is 9.38 Å². The molecule has 0 saturated carbocycles. The Balaban J connectivity index is 1.63. The molecule has 0 aliphatic carbocycles. The second kappa shape index (κ2) is 8.39. The highest BCUT2D eigenvalue weighted by Gasteiger charge is 2.29. The van der Waals surface area contributed by atoms with E-state index in [2.05, 4.69) is 34.2 Å². The first-order chi connectivity index (χ1) is 15.5. The van der Waals surface area contributed by atoms with Crippen molar-refractivity contribution in [2.45, 2.75) is 26.7 Å². The molecule has 0 radical (unpaired) electrons. The van der Waals surface area contributed by atoms with Crippen LogP contribution in [-0.2, 0) is 9.53 Å². The van der Waals surface area contributed by atoms with Crippen LogP contribution >= 0.6 is 11.6 Å². The molecule has 1 saturated heterocycles. The summed E-state index contributed by atoms with van der Waals surface area (Å²) in [6.45, 7) is 5.70. The summed E-state index contributed by atoms with van der Waals surface area (Å²) >= 11 is 6.26. The Morgan fingerprint density at radius 3 is 2.72 bits per heavy atom. The standard InChI is InChI=1S/C24H24ClN5O2/c1-3-32-23(31)16-9-11-29(12-10-16)24-26-20-14-18(25)7-8-19(20)22-28-27-21(30(22)24)17-6-4-5-15(2)13-17/h4-8,13-14,16H,3,9-12H2,1-2H3. The Bertz CT molecular complexity index is 1310. The Labute approximate surface area is 191 Å². The number of esters is 1. The van der Waals surface area contributed by atoms with Gasteiger partial charge in [-0.05, 0) is 51.0 Å². The van der Waals surface area contributed by atoms with E-state index in [0.29, 0.717) is 24.7 Å². The van der Waals surface area contributed by atoms with Crippen LogP contribution in [0, 0.1) is 12.8 Å². The number of ether oxygens (including phenoxy) is 1. The number of carbonyl (C=O) groups excluding carboxylic acids is 1. The smallest absolute Gasteiger partial charge is 0.309 e. The molecule has 0 unspecified atom stereocenters. The van der Waals surface area contributed by atoms with E-state index in [1.54, 1.807) is 0 Å². The van der Waals surface area contributed by atoms with Gasteiger partial charge in [-0.15, -0.1) is 10.2 Å². The maximum absolute atomic E-state index is 12.2. The van der Waals surface area contributed by atoms with Gasteiger partial charge in [0.1, 0.15) is 0 Å². The number of fused-ring (bicyclic) bond motifs is 3. The van der Waals surface area contributed by atoms with Crippen molar-refractivity contribution in [2.75, 3.05) is 24.6 Å². The third-order valence-corrected chi connectivity index (χ3v) is 6.19. The number of nitrogens with zero attached hydrogens (tertiary/aromatic N) is 5. The summed E-state index contributed by atoms with van der Waals surface area (Å²) in [6.07, 6.45) is 1.44. The van der Waals surface area contributed by atoms with Gasteiger partial charge < -0.3 is 9.64 Å². The van der Waals surface area contributed by atoms with Gasteiger partial charge in [0.25, 0.3) is 0 Å². The van der Waals surface area contributed by atoms with E-state index >= 15 is 0 Å². The van der Waals surface area contributed by atoms with Gasteiger partial charge in [0.15, 0.2) is 11.5 Å². The average molecular weight is 450 g/mol. The van der Waals surface area contributed by atoms with E-state index in [9.17, 15) is 4.79 Å². The normalized spacial score (nSPS) is 14.9. The van der Waals surface area contributed by atoms with E-state index in [0.717, 1.165) is 52.3 Å². The fraction of sp³-hybridized carbons (Fsp3) is 0.333. The molecule has 0 amide bonds. The molecule has 1 aliphatic heterocycles. The Morgan fingerprint density at radius 2 is 1.97 bits per heavy atom. The Kier molecular flexibility index (Phi) is 5.43. The third kappa shape index (κ3) is 3.66. The van der Waals surface area contributed by atoms with Gasteiger partial charge >= 0.3 is 5.97 Å². The molecular weight excluding hydrogens is 426 g/mol. The maximum Gasteiger partial charge on any atom is 0.309 e. The number of anilines is 1. The van der Waals surface area contributed by atoms with Crippen molar-refractivity contribution in [2.24, 2.45) is 5.92 Å². The van der Waals surface area contributed by atoms with Gasteiger partial charge in [-0.1, -0.05) is 35.4 Å². The van der Waals surface area contributed by atoms with E-state index in [-0.39, 0.29) is 11.9 Å². The molecular formula is C24H24ClN5O2. The molecule has 4 aromatic rings. The minimum atomic E-state index is -0.111. The number of hydrogen-bond donors (Lipinski definition) is 0. The lowest BCUT2D eigenvalue weighted by Crippen LogP contribution is -2.38. The van der Waals surface area contributed by atoms with Gasteiger partial charge in [0, 0.05) is 29.1 Å². The predicted octanol–water partition coefficient (Wildman–Crippen LogP) is 4.69. The van der Waals surface area contributed by atoms with E-state index in [1.165, 1.54) is 0 Å². The highest BCUT2D eigenvalue weighted by Crippen LogP contribution is 2.32. The zero-order valence-electron chi connectivity index (χ0n) is 18.1. The number of benzene rings is 2. The topological polar surface area (TPSA) is 72.6 Å². The van der Waals surface area contributed by atoms with Crippen LogP contribution in [0.3, 0.4) is 0 Å². The van der Waals surface area contributed by atoms with Crippen molar-refractivity contribution in [1.82, 2.24) is 19.6 Å². The first-order valence-corrected chi connectivity index (χ1v) is 11.3. The number of halogens is 1. The van der Waals surface area contributed by atoms with E-state index < -0.39 is 0 Å². The number of hydrogen-bond acceptors (Lipinski definition) is 6. The van der Waals surface area contributed by atoms with Crippen molar-refractivity contribution in [1.29, 1.82) is 0 Å². The van der Waals surface area contributed by atoms with Crippen molar-refractivity contribution in [3.8, 4) is 11.4 Å². The van der Waals surface area contributed by atoms with Crippen molar-refractivity contribution < 1.29 is 9.53 Å². The highest BCUT2D eigenvalue weighted by atomic mass is 35.5. The maximum atomic E-state index is 12.2. The first kappa shape index (κ1) is 20.7. The molecule has 0 N–H and O–H groups in total. The molecule has 32 heavy (non-hydrogen) atoms. The average Bonchev–Trinajstić information content (AvgIpc) is 3.24. The van der Waals surface area contributed by atoms with Crippen LogP contribution in [0.2, 0.25) is 5.02 Å². The zero-order valence-corrected chi connectivity index (χ0v) is 18.8. The van der Waals surface area contributed by atoms with Crippen molar-refractivity contribution >= 4 is 40.1 Å². The molecule has 1 aliphatic rings. The van der Waals surface area contributed by atoms with E-state index in [1.807, 2.05) is 41.7 Å². The minimum absolute atomic E-state index is 0.0752. The lowest BCUT2D eigenvalue weighted by molar-refractivity contribution is -0.148. The van der Waals surface area contributed by atoms with Crippen LogP contribution in [-0.4, -0.2) is 45.2 Å². The quantitative estimate of drug-likeness (QED) is 0.421. The Morgan fingerprint density at radius 1 is 1.16 bits per heavy atom. The van der Waals surface area contributed by atoms with Gasteiger partial charge in [-0.3, -0.25) is 4.79 Å². The lowest BCUT2D eigenvalue weighted by Gasteiger charge is -2.32. The van der Waals surface area contributed by atoms with Gasteiger partial charge in [0.05, 0.1) is 18.0 Å². The molecule has 3 heterocycles. The summed E-state index contributed by atoms with van der Waals surface area (Å²) in [7, 11) is 0. The number of aryl methyl sites for hydroxylation is 1. The van der Waals surface area contributed by atoms with Gasteiger partial charge in [-0.2, -0.15) is 0 Å². The zero-order chi connectivity index (χ0) is 22.2. The monoisotopic (exact) mass is 449 g/mol. The number of carbonyl (C=O) groups is 1. The first-order valence-electron chi connectivity index (χ1n) is 10.9. The van der Waals surface area contributed by atoms with Crippen LogP contribution in [0.5, 0.6) is 0 Å². The molecule has 0 spiro atoms. The second-order valence-corrected chi connectivity index (χ2v) is 8.58. The molecule has 8 heteroatoms. The molecule has 7 nitrogen and oxygen atoms in total. The fourth-order valence-electron chi connectivity index (χ4n) is 4.35. The summed E-state index contributed by atoms with van der Waals surface area (Å²) in [5.41, 5.74) is 3.65. The summed E-state index contributed by atoms with van der Waals surface area (Å²) in [5.74, 6) is 1.32. The Hall–Kier alpha value is -3.19. The molecule has 2 aromatic heterocycles. The lowest BCUT2D eigenvalue weighted by atomic mass is 9.97. The van der Waals surface area contributed by atoms with E-state index in [4.69, 9.17) is 21.3 Å². The van der Waals surface area contributed by atoms with Crippen LogP contribution < -0.4 is 4.90 Å². The van der Waals surface area contributed by atoms with Crippen LogP contribution in [0.4, 0.5) is 5.95 Å². The summed E-state index contributed by atoms with van der Waals surface area (Å²) in [6, 6.07) is 13.8. The summed E-state index contributed by atoms with van der Waals surface area (Å²) in [5, 5.41) is 10.6. The number of rotatable bonds is 4. The van der Waals surface area contributed by atoms with Crippen LogP contribution in [0.25, 0.3) is 27.9 Å².